The van der Waals surface area contributed by atoms with E-state index in [0.29, 0.717) is 6.61 Å². The second-order valence-corrected chi connectivity index (χ2v) is 6.49. The second kappa shape index (κ2) is 7.92. The maximum absolute atomic E-state index is 12.7. The summed E-state index contributed by atoms with van der Waals surface area (Å²) in [6.45, 7) is 7.84. The van der Waals surface area contributed by atoms with Crippen LogP contribution in [0.3, 0.4) is 0 Å². The highest BCUT2D eigenvalue weighted by molar-refractivity contribution is 5.81. The smallest absolute Gasteiger partial charge is 0.251 e. The van der Waals surface area contributed by atoms with Crippen molar-refractivity contribution in [2.45, 2.75) is 52.1 Å². The molecule has 1 aliphatic carbocycles. The number of hydrogen-bond acceptors (Lipinski definition) is 5. The SMILES string of the molecule is CCOC(CC)C(=O)N1CCCN(c2ncnc3c2CCC3)CC1. The van der Waals surface area contributed by atoms with Gasteiger partial charge < -0.3 is 14.5 Å². The minimum Gasteiger partial charge on any atom is -0.369 e. The molecular formula is C18H28N4O2. The molecule has 24 heavy (non-hydrogen) atoms. The fourth-order valence-electron chi connectivity index (χ4n) is 3.73. The molecule has 1 fully saturated rings. The highest BCUT2D eigenvalue weighted by Crippen LogP contribution is 2.28. The van der Waals surface area contributed by atoms with E-state index in [1.165, 1.54) is 17.7 Å². The van der Waals surface area contributed by atoms with Crippen LogP contribution in [-0.2, 0) is 22.4 Å². The predicted octanol–water partition coefficient (Wildman–Crippen LogP) is 1.82. The number of fused-ring (bicyclic) bond motifs is 1. The molecule has 0 saturated carbocycles. The van der Waals surface area contributed by atoms with Gasteiger partial charge in [0.1, 0.15) is 18.2 Å². The number of rotatable bonds is 5. The molecule has 0 bridgehead atoms. The number of nitrogens with zero attached hydrogens (tertiary/aromatic N) is 4. The zero-order valence-electron chi connectivity index (χ0n) is 14.8. The van der Waals surface area contributed by atoms with Gasteiger partial charge in [0.05, 0.1) is 0 Å². The van der Waals surface area contributed by atoms with E-state index in [1.807, 2.05) is 18.7 Å². The van der Waals surface area contributed by atoms with E-state index >= 15 is 0 Å². The molecule has 0 N–H and O–H groups in total. The Kier molecular flexibility index (Phi) is 5.66. The molecular weight excluding hydrogens is 304 g/mol. The molecule has 1 aromatic rings. The number of amides is 1. The summed E-state index contributed by atoms with van der Waals surface area (Å²) in [6, 6.07) is 0. The number of anilines is 1. The van der Waals surface area contributed by atoms with Crippen LogP contribution in [0.5, 0.6) is 0 Å². The first-order valence-electron chi connectivity index (χ1n) is 9.22. The molecule has 0 spiro atoms. The minimum absolute atomic E-state index is 0.133. The van der Waals surface area contributed by atoms with Crippen LogP contribution in [0, 0.1) is 0 Å². The van der Waals surface area contributed by atoms with Gasteiger partial charge in [-0.25, -0.2) is 9.97 Å². The molecule has 2 heterocycles. The third-order valence-corrected chi connectivity index (χ3v) is 4.97. The minimum atomic E-state index is -0.301. The van der Waals surface area contributed by atoms with Gasteiger partial charge in [0.25, 0.3) is 5.91 Å². The molecule has 1 unspecified atom stereocenters. The largest absolute Gasteiger partial charge is 0.369 e. The first-order valence-corrected chi connectivity index (χ1v) is 9.22. The van der Waals surface area contributed by atoms with Gasteiger partial charge in [-0.3, -0.25) is 4.79 Å². The Bertz CT molecular complexity index is 578. The zero-order valence-corrected chi connectivity index (χ0v) is 14.8. The van der Waals surface area contributed by atoms with E-state index in [2.05, 4.69) is 14.9 Å². The summed E-state index contributed by atoms with van der Waals surface area (Å²) in [6.07, 6.45) is 6.40. The standard InChI is InChI=1S/C18H28N4O2/c1-3-16(24-4-2)18(23)22-10-6-9-21(11-12-22)17-14-7-5-8-15(14)19-13-20-17/h13,16H,3-12H2,1-2H3. The van der Waals surface area contributed by atoms with Gasteiger partial charge in [-0.2, -0.15) is 0 Å². The van der Waals surface area contributed by atoms with Crippen molar-refractivity contribution in [1.29, 1.82) is 0 Å². The third-order valence-electron chi connectivity index (χ3n) is 4.97. The first kappa shape index (κ1) is 17.1. The van der Waals surface area contributed by atoms with Gasteiger partial charge in [0.2, 0.25) is 0 Å². The van der Waals surface area contributed by atoms with E-state index in [9.17, 15) is 4.79 Å². The molecule has 1 aliphatic heterocycles. The van der Waals surface area contributed by atoms with Crippen LogP contribution in [0.2, 0.25) is 0 Å². The lowest BCUT2D eigenvalue weighted by molar-refractivity contribution is -0.143. The van der Waals surface area contributed by atoms with Crippen molar-refractivity contribution in [2.24, 2.45) is 0 Å². The predicted molar refractivity (Wildman–Crippen MR) is 93.2 cm³/mol. The summed E-state index contributed by atoms with van der Waals surface area (Å²) in [5.74, 6) is 1.22. The second-order valence-electron chi connectivity index (χ2n) is 6.49. The Morgan fingerprint density at radius 2 is 2.04 bits per heavy atom. The highest BCUT2D eigenvalue weighted by atomic mass is 16.5. The quantitative estimate of drug-likeness (QED) is 0.823. The Hall–Kier alpha value is -1.69. The van der Waals surface area contributed by atoms with Crippen molar-refractivity contribution in [2.75, 3.05) is 37.7 Å². The van der Waals surface area contributed by atoms with Crippen molar-refractivity contribution in [3.8, 4) is 0 Å². The Morgan fingerprint density at radius 3 is 2.83 bits per heavy atom. The maximum atomic E-state index is 12.7. The summed E-state index contributed by atoms with van der Waals surface area (Å²) < 4.78 is 5.59. The maximum Gasteiger partial charge on any atom is 0.251 e. The number of ether oxygens (including phenoxy) is 1. The summed E-state index contributed by atoms with van der Waals surface area (Å²) >= 11 is 0. The number of hydrogen-bond donors (Lipinski definition) is 0. The highest BCUT2D eigenvalue weighted by Gasteiger charge is 2.27. The monoisotopic (exact) mass is 332 g/mol. The summed E-state index contributed by atoms with van der Waals surface area (Å²) in [5, 5.41) is 0. The fraction of sp³-hybridized carbons (Fsp3) is 0.722. The van der Waals surface area contributed by atoms with Gasteiger partial charge >= 0.3 is 0 Å². The van der Waals surface area contributed by atoms with Crippen LogP contribution in [-0.4, -0.2) is 59.7 Å². The molecule has 1 atom stereocenters. The lowest BCUT2D eigenvalue weighted by Crippen LogP contribution is -2.42. The summed E-state index contributed by atoms with van der Waals surface area (Å²) in [4.78, 5) is 25.9. The Morgan fingerprint density at radius 1 is 1.17 bits per heavy atom. The van der Waals surface area contributed by atoms with Crippen LogP contribution in [0.25, 0.3) is 0 Å². The molecule has 6 nitrogen and oxygen atoms in total. The molecule has 2 aliphatic rings. The van der Waals surface area contributed by atoms with Gasteiger partial charge in [0, 0.05) is 44.0 Å². The molecule has 132 valence electrons. The van der Waals surface area contributed by atoms with Crippen molar-refractivity contribution < 1.29 is 9.53 Å². The van der Waals surface area contributed by atoms with Gasteiger partial charge in [-0.1, -0.05) is 6.92 Å². The van der Waals surface area contributed by atoms with Crippen molar-refractivity contribution in [3.05, 3.63) is 17.6 Å². The summed E-state index contributed by atoms with van der Waals surface area (Å²) in [7, 11) is 0. The average molecular weight is 332 g/mol. The van der Waals surface area contributed by atoms with Gasteiger partial charge in [0.15, 0.2) is 0 Å². The van der Waals surface area contributed by atoms with Crippen LogP contribution in [0.4, 0.5) is 5.82 Å². The van der Waals surface area contributed by atoms with Gasteiger partial charge in [-0.15, -0.1) is 0 Å². The van der Waals surface area contributed by atoms with Crippen molar-refractivity contribution in [3.63, 3.8) is 0 Å². The lowest BCUT2D eigenvalue weighted by Gasteiger charge is -2.26. The van der Waals surface area contributed by atoms with E-state index in [4.69, 9.17) is 4.74 Å². The molecule has 6 heteroatoms. The molecule has 0 radical (unpaired) electrons. The fourth-order valence-corrected chi connectivity index (χ4v) is 3.73. The molecule has 3 rings (SSSR count). The topological polar surface area (TPSA) is 58.6 Å². The van der Waals surface area contributed by atoms with Crippen molar-refractivity contribution >= 4 is 11.7 Å². The zero-order chi connectivity index (χ0) is 16.9. The van der Waals surface area contributed by atoms with E-state index < -0.39 is 0 Å². The lowest BCUT2D eigenvalue weighted by atomic mass is 10.2. The number of aromatic nitrogens is 2. The van der Waals surface area contributed by atoms with E-state index in [1.54, 1.807) is 6.33 Å². The normalized spacial score (nSPS) is 19.1. The third kappa shape index (κ3) is 3.53. The molecule has 0 aromatic carbocycles. The van der Waals surface area contributed by atoms with Crippen molar-refractivity contribution in [1.82, 2.24) is 14.9 Å². The number of carbonyl (C=O) groups is 1. The Labute approximate surface area is 144 Å². The first-order chi connectivity index (χ1) is 11.7. The molecule has 1 aromatic heterocycles. The number of aryl methyl sites for hydroxylation is 1. The average Bonchev–Trinajstić information content (AvgIpc) is 2.96. The van der Waals surface area contributed by atoms with Crippen LogP contribution in [0.1, 0.15) is 44.4 Å². The molecule has 1 amide bonds. The number of carbonyl (C=O) groups excluding carboxylic acids is 1. The van der Waals surface area contributed by atoms with Crippen LogP contribution in [0.15, 0.2) is 6.33 Å². The molecule has 1 saturated heterocycles. The van der Waals surface area contributed by atoms with Gasteiger partial charge in [-0.05, 0) is 39.0 Å². The summed E-state index contributed by atoms with van der Waals surface area (Å²) in [5.41, 5.74) is 2.53. The van der Waals surface area contributed by atoms with Crippen LogP contribution < -0.4 is 4.90 Å². The Balaban J connectivity index is 1.67. The van der Waals surface area contributed by atoms with Crippen LogP contribution >= 0.6 is 0 Å². The van der Waals surface area contributed by atoms with E-state index in [0.717, 1.165) is 57.7 Å². The van der Waals surface area contributed by atoms with E-state index in [-0.39, 0.29) is 12.0 Å².